The van der Waals surface area contributed by atoms with Crippen molar-refractivity contribution in [3.63, 3.8) is 0 Å². The number of pyridine rings is 1. The van der Waals surface area contributed by atoms with Crippen LogP contribution in [-0.2, 0) is 32.1 Å². The van der Waals surface area contributed by atoms with Gasteiger partial charge in [-0.3, -0.25) is 9.69 Å². The quantitative estimate of drug-likeness (QED) is 0.113. The van der Waals surface area contributed by atoms with Gasteiger partial charge in [-0.2, -0.15) is 0 Å². The van der Waals surface area contributed by atoms with E-state index in [1.807, 2.05) is 11.5 Å². The third kappa shape index (κ3) is 11.2. The number of hydrogen-bond acceptors (Lipinski definition) is 12. The van der Waals surface area contributed by atoms with Gasteiger partial charge in [-0.25, -0.2) is 19.4 Å². The Kier molecular flexibility index (Phi) is 12.7. The molecule has 13 nitrogen and oxygen atoms in total. The van der Waals surface area contributed by atoms with Crippen molar-refractivity contribution in [1.82, 2.24) is 20.7 Å². The Morgan fingerprint density at radius 1 is 0.957 bits per heavy atom. The molecule has 14 heteroatoms. The van der Waals surface area contributed by atoms with Crippen molar-refractivity contribution in [3.05, 3.63) is 70.3 Å². The number of carbonyl (C=O) groups excluding carboxylic acids is 4. The van der Waals surface area contributed by atoms with E-state index in [0.717, 1.165) is 16.9 Å². The minimum Gasteiger partial charge on any atom is -0.443 e. The molecule has 0 aliphatic heterocycles. The van der Waals surface area contributed by atoms with Crippen molar-refractivity contribution in [1.29, 1.82) is 0 Å². The van der Waals surface area contributed by atoms with E-state index in [-0.39, 0.29) is 11.6 Å². The first-order chi connectivity index (χ1) is 21.7. The fourth-order valence-electron chi connectivity index (χ4n) is 4.37. The zero-order valence-electron chi connectivity index (χ0n) is 27.0. The van der Waals surface area contributed by atoms with Crippen LogP contribution in [0.2, 0.25) is 0 Å². The van der Waals surface area contributed by atoms with Gasteiger partial charge in [0.1, 0.15) is 23.0 Å². The number of Topliss-reactive ketones (excluding diaryl/α,β-unsaturated/α-hetero) is 1. The van der Waals surface area contributed by atoms with E-state index in [1.165, 1.54) is 4.90 Å². The zero-order valence-corrected chi connectivity index (χ0v) is 27.8. The van der Waals surface area contributed by atoms with Crippen LogP contribution in [0, 0.1) is 11.3 Å². The van der Waals surface area contributed by atoms with Crippen molar-refractivity contribution in [2.45, 2.75) is 79.1 Å². The summed E-state index contributed by atoms with van der Waals surface area (Å²) >= 11 is 1.09. The second kappa shape index (κ2) is 16.2. The normalized spacial score (nSPS) is 12.8. The molecule has 1 unspecified atom stereocenters. The predicted octanol–water partition coefficient (Wildman–Crippen LogP) is 5.25. The highest BCUT2D eigenvalue weighted by Crippen LogP contribution is 2.31. The molecular weight excluding hydrogens is 612 g/mol. The molecule has 0 radical (unpaired) electrons. The first-order valence-corrected chi connectivity index (χ1v) is 15.7. The van der Waals surface area contributed by atoms with Gasteiger partial charge in [0.2, 0.25) is 5.78 Å². The van der Waals surface area contributed by atoms with E-state index in [1.54, 1.807) is 90.2 Å². The van der Waals surface area contributed by atoms with E-state index in [0.29, 0.717) is 36.6 Å². The molecule has 0 saturated carbocycles. The molecule has 0 aliphatic carbocycles. The van der Waals surface area contributed by atoms with Crippen LogP contribution in [0.5, 0.6) is 0 Å². The summed E-state index contributed by atoms with van der Waals surface area (Å²) in [5.74, 6) is -2.09. The SMILES string of the molecule is CC(C)(C)OC(=O)N(CCCCc1nnc(C(=O)C(N)[C@@H](C(=O)ONC(=O)OCc2ccccc2)C(C)(C)C)s1)c1ccccn1. The van der Waals surface area contributed by atoms with E-state index >= 15 is 0 Å². The molecule has 0 aliphatic rings. The van der Waals surface area contributed by atoms with Crippen LogP contribution in [0.3, 0.4) is 0 Å². The number of ketones is 1. The van der Waals surface area contributed by atoms with Crippen LogP contribution in [0.25, 0.3) is 0 Å². The molecule has 1 aromatic carbocycles. The van der Waals surface area contributed by atoms with Crippen LogP contribution in [-0.4, -0.2) is 57.3 Å². The molecule has 2 amide bonds. The molecule has 0 saturated heterocycles. The zero-order chi connectivity index (χ0) is 33.9. The average Bonchev–Trinajstić information content (AvgIpc) is 3.47. The molecule has 46 heavy (non-hydrogen) atoms. The number of nitrogens with one attached hydrogen (secondary N) is 1. The number of hydroxylamine groups is 1. The second-order valence-corrected chi connectivity index (χ2v) is 13.7. The third-order valence-electron chi connectivity index (χ3n) is 6.54. The van der Waals surface area contributed by atoms with Gasteiger partial charge in [0.15, 0.2) is 5.01 Å². The summed E-state index contributed by atoms with van der Waals surface area (Å²) in [7, 11) is 0. The number of amides is 2. The lowest BCUT2D eigenvalue weighted by molar-refractivity contribution is -0.159. The van der Waals surface area contributed by atoms with E-state index in [9.17, 15) is 19.2 Å². The monoisotopic (exact) mass is 654 g/mol. The van der Waals surface area contributed by atoms with Gasteiger partial charge in [-0.05, 0) is 56.7 Å². The van der Waals surface area contributed by atoms with E-state index in [2.05, 4.69) is 15.2 Å². The summed E-state index contributed by atoms with van der Waals surface area (Å²) in [5, 5.41) is 8.82. The van der Waals surface area contributed by atoms with Crippen LogP contribution in [0.4, 0.5) is 15.4 Å². The van der Waals surface area contributed by atoms with Gasteiger partial charge in [0, 0.05) is 19.2 Å². The highest BCUT2D eigenvalue weighted by atomic mass is 32.1. The molecule has 3 aromatic rings. The molecule has 248 valence electrons. The van der Waals surface area contributed by atoms with Gasteiger partial charge >= 0.3 is 18.2 Å². The number of anilines is 1. The Hall–Kier alpha value is -4.43. The number of nitrogens with zero attached hydrogens (tertiary/aromatic N) is 4. The number of hydrogen-bond donors (Lipinski definition) is 2. The van der Waals surface area contributed by atoms with Crippen molar-refractivity contribution < 1.29 is 33.5 Å². The average molecular weight is 655 g/mol. The van der Waals surface area contributed by atoms with Gasteiger partial charge in [0.25, 0.3) is 0 Å². The first kappa shape index (κ1) is 36.0. The lowest BCUT2D eigenvalue weighted by atomic mass is 9.75. The third-order valence-corrected chi connectivity index (χ3v) is 7.53. The Morgan fingerprint density at radius 3 is 2.28 bits per heavy atom. The molecule has 2 atom stereocenters. The summed E-state index contributed by atoms with van der Waals surface area (Å²) in [4.78, 5) is 62.0. The number of ether oxygens (including phenoxy) is 2. The molecule has 0 bridgehead atoms. The van der Waals surface area contributed by atoms with Gasteiger partial charge in [0.05, 0.1) is 12.0 Å². The maximum atomic E-state index is 13.3. The molecule has 0 spiro atoms. The van der Waals surface area contributed by atoms with Crippen LogP contribution < -0.4 is 16.1 Å². The van der Waals surface area contributed by atoms with E-state index in [4.69, 9.17) is 20.0 Å². The second-order valence-electron chi connectivity index (χ2n) is 12.6. The summed E-state index contributed by atoms with van der Waals surface area (Å²) < 4.78 is 10.6. The number of rotatable bonds is 12. The molecule has 3 rings (SSSR count). The Labute approximate surface area is 272 Å². The minimum absolute atomic E-state index is 0.0173. The molecule has 2 heterocycles. The highest BCUT2D eigenvalue weighted by Gasteiger charge is 2.42. The van der Waals surface area contributed by atoms with Gasteiger partial charge < -0.3 is 20.0 Å². The van der Waals surface area contributed by atoms with Crippen LogP contribution in [0.1, 0.15) is 74.8 Å². The Bertz CT molecular complexity index is 1450. The standard InChI is InChI=1S/C32H42N6O7S/c1-31(2,3)24(28(40)45-37-29(41)43-20-21-14-8-7-9-15-21)25(33)26(39)27-36-35-23(46-27)17-11-13-19-38(22-16-10-12-18-34-22)30(42)44-32(4,5)6/h7-10,12,14-16,18,24-25H,11,13,17,19-20,33H2,1-6H3,(H,37,41)/t24-,25?/m0/s1. The van der Waals surface area contributed by atoms with Crippen molar-refractivity contribution >= 4 is 41.1 Å². The largest absolute Gasteiger partial charge is 0.443 e. The number of carbonyl (C=O) groups is 4. The van der Waals surface area contributed by atoms with Gasteiger partial charge in [-0.1, -0.05) is 68.5 Å². The van der Waals surface area contributed by atoms with Crippen LogP contribution in [0.15, 0.2) is 54.7 Å². The summed E-state index contributed by atoms with van der Waals surface area (Å²) in [6, 6.07) is 13.0. The fraction of sp³-hybridized carbons (Fsp3) is 0.469. The topological polar surface area (TPSA) is 176 Å². The van der Waals surface area contributed by atoms with Gasteiger partial charge in [-0.15, -0.1) is 15.7 Å². The highest BCUT2D eigenvalue weighted by molar-refractivity contribution is 7.13. The maximum Gasteiger partial charge on any atom is 0.441 e. The summed E-state index contributed by atoms with van der Waals surface area (Å²) in [5.41, 5.74) is 7.57. The number of aromatic nitrogens is 3. The number of benzene rings is 1. The predicted molar refractivity (Wildman–Crippen MR) is 172 cm³/mol. The number of nitrogens with two attached hydrogens (primary N) is 1. The van der Waals surface area contributed by atoms with E-state index < -0.39 is 46.9 Å². The fourth-order valence-corrected chi connectivity index (χ4v) is 5.24. The minimum atomic E-state index is -1.31. The summed E-state index contributed by atoms with van der Waals surface area (Å²) in [6.45, 7) is 11.0. The Balaban J connectivity index is 1.55. The van der Waals surface area contributed by atoms with Crippen molar-refractivity contribution in [2.75, 3.05) is 11.4 Å². The molecule has 3 N–H and O–H groups in total. The molecular formula is C32H42N6O7S. The maximum absolute atomic E-state index is 13.3. The Morgan fingerprint density at radius 2 is 1.65 bits per heavy atom. The smallest absolute Gasteiger partial charge is 0.441 e. The summed E-state index contributed by atoms with van der Waals surface area (Å²) in [6.07, 6.45) is 1.91. The number of aryl methyl sites for hydroxylation is 1. The van der Waals surface area contributed by atoms with Crippen molar-refractivity contribution in [3.8, 4) is 0 Å². The van der Waals surface area contributed by atoms with Crippen molar-refractivity contribution in [2.24, 2.45) is 17.1 Å². The van der Waals surface area contributed by atoms with Crippen LogP contribution >= 0.6 is 11.3 Å². The lowest BCUT2D eigenvalue weighted by Crippen LogP contribution is -2.50. The first-order valence-electron chi connectivity index (χ1n) is 14.9. The molecule has 0 fully saturated rings. The number of unbranched alkanes of at least 4 members (excludes halogenated alkanes) is 1. The lowest BCUT2D eigenvalue weighted by Gasteiger charge is -2.31. The molecule has 2 aromatic heterocycles.